The lowest BCUT2D eigenvalue weighted by Gasteiger charge is -2.06. The van der Waals surface area contributed by atoms with Crippen molar-refractivity contribution in [1.82, 2.24) is 0 Å². The Bertz CT molecular complexity index is 456. The topological polar surface area (TPSA) is 37.3 Å². The van der Waals surface area contributed by atoms with Crippen LogP contribution < -0.4 is 0 Å². The summed E-state index contributed by atoms with van der Waals surface area (Å²) in [5, 5.41) is 8.93. The predicted molar refractivity (Wildman–Crippen MR) is 70.9 cm³/mol. The molecule has 0 fully saturated rings. The quantitative estimate of drug-likeness (QED) is 0.781. The van der Waals surface area contributed by atoms with Crippen molar-refractivity contribution < 1.29 is 9.90 Å². The average molecular weight is 228 g/mol. The number of carbonyl (C=O) groups is 1. The highest BCUT2D eigenvalue weighted by Gasteiger charge is 2.12. The van der Waals surface area contributed by atoms with E-state index < -0.39 is 11.9 Å². The Kier molecular flexibility index (Phi) is 4.95. The largest absolute Gasteiger partial charge is 0.481 e. The fourth-order valence-electron chi connectivity index (χ4n) is 1.38. The van der Waals surface area contributed by atoms with E-state index in [-0.39, 0.29) is 0 Å². The number of allylic oxidation sites excluding steroid dienone is 4. The molecule has 0 aliphatic rings. The maximum atomic E-state index is 10.9. The molecule has 88 valence electrons. The van der Waals surface area contributed by atoms with Crippen LogP contribution in [0.1, 0.15) is 24.0 Å². The molecule has 0 amide bonds. The van der Waals surface area contributed by atoms with Crippen molar-refractivity contribution in [2.75, 3.05) is 0 Å². The summed E-state index contributed by atoms with van der Waals surface area (Å²) in [4.78, 5) is 10.9. The summed E-state index contributed by atoms with van der Waals surface area (Å²) < 4.78 is 0. The molecule has 0 heterocycles. The number of aliphatic carboxylic acids is 1. The van der Waals surface area contributed by atoms with Gasteiger partial charge in [-0.15, -0.1) is 0 Å². The first-order chi connectivity index (χ1) is 8.15. The van der Waals surface area contributed by atoms with E-state index in [4.69, 9.17) is 5.11 Å². The third kappa shape index (κ3) is 4.11. The summed E-state index contributed by atoms with van der Waals surface area (Å²) in [5.74, 6) is -1.29. The average Bonchev–Trinajstić information content (AvgIpc) is 2.34. The highest BCUT2D eigenvalue weighted by Crippen LogP contribution is 2.17. The highest BCUT2D eigenvalue weighted by molar-refractivity contribution is 5.75. The Hall–Kier alpha value is -2.09. The van der Waals surface area contributed by atoms with Crippen LogP contribution in [0.4, 0.5) is 0 Å². The summed E-state index contributed by atoms with van der Waals surface area (Å²) in [6.07, 6.45) is 9.23. The van der Waals surface area contributed by atoms with Crippen LogP contribution in [0.2, 0.25) is 0 Å². The number of hydrogen-bond acceptors (Lipinski definition) is 1. The second-order valence-electron chi connectivity index (χ2n) is 3.71. The molecule has 1 atom stereocenters. The lowest BCUT2D eigenvalue weighted by molar-refractivity contribution is -0.138. The van der Waals surface area contributed by atoms with Gasteiger partial charge in [0.25, 0.3) is 0 Å². The van der Waals surface area contributed by atoms with Crippen LogP contribution in [0.15, 0.2) is 55.1 Å². The molecule has 0 saturated carbocycles. The normalized spacial score (nSPS) is 13.0. The van der Waals surface area contributed by atoms with Crippen LogP contribution in [0, 0.1) is 0 Å². The minimum Gasteiger partial charge on any atom is -0.481 e. The molecule has 0 radical (unpaired) electrons. The maximum absolute atomic E-state index is 10.9. The zero-order valence-corrected chi connectivity index (χ0v) is 9.84. The molecule has 1 rings (SSSR count). The van der Waals surface area contributed by atoms with E-state index in [0.717, 1.165) is 11.1 Å². The molecule has 1 aromatic rings. The van der Waals surface area contributed by atoms with Crippen LogP contribution >= 0.6 is 0 Å². The summed E-state index contributed by atoms with van der Waals surface area (Å²) in [5.41, 5.74) is 1.80. The van der Waals surface area contributed by atoms with Gasteiger partial charge in [0.05, 0.1) is 5.92 Å². The van der Waals surface area contributed by atoms with E-state index >= 15 is 0 Å². The summed E-state index contributed by atoms with van der Waals surface area (Å²) in [6.45, 7) is 5.26. The third-order valence-electron chi connectivity index (χ3n) is 2.43. The lowest BCUT2D eigenvalue weighted by atomic mass is 9.99. The number of benzene rings is 1. The molecule has 0 bridgehead atoms. The Labute approximate surface area is 102 Å². The van der Waals surface area contributed by atoms with E-state index in [9.17, 15) is 4.79 Å². The molecule has 0 aliphatic heterocycles. The first-order valence-corrected chi connectivity index (χ1v) is 5.43. The zero-order valence-electron chi connectivity index (χ0n) is 9.84. The van der Waals surface area contributed by atoms with Crippen molar-refractivity contribution >= 4 is 12.0 Å². The highest BCUT2D eigenvalue weighted by atomic mass is 16.4. The van der Waals surface area contributed by atoms with E-state index in [0.29, 0.717) is 0 Å². The van der Waals surface area contributed by atoms with Gasteiger partial charge in [-0.3, -0.25) is 4.79 Å². The first kappa shape index (κ1) is 13.0. The van der Waals surface area contributed by atoms with Gasteiger partial charge in [0.2, 0.25) is 0 Å². The second-order valence-corrected chi connectivity index (χ2v) is 3.71. The Morgan fingerprint density at radius 2 is 2.12 bits per heavy atom. The van der Waals surface area contributed by atoms with Crippen molar-refractivity contribution in [3.63, 3.8) is 0 Å². The van der Waals surface area contributed by atoms with Gasteiger partial charge in [-0.25, -0.2) is 0 Å². The van der Waals surface area contributed by atoms with Crippen LogP contribution in [0.5, 0.6) is 0 Å². The minimum absolute atomic E-state index is 0.480. The van der Waals surface area contributed by atoms with E-state index in [2.05, 4.69) is 6.58 Å². The molecule has 17 heavy (non-hydrogen) atoms. The van der Waals surface area contributed by atoms with Crippen LogP contribution in [-0.4, -0.2) is 11.1 Å². The van der Waals surface area contributed by atoms with E-state index in [1.54, 1.807) is 13.0 Å². The van der Waals surface area contributed by atoms with Crippen LogP contribution in [0.25, 0.3) is 6.08 Å². The Morgan fingerprint density at radius 1 is 1.35 bits per heavy atom. The Balaban J connectivity index is 2.86. The molecule has 0 spiro atoms. The monoisotopic (exact) mass is 228 g/mol. The van der Waals surface area contributed by atoms with Crippen LogP contribution in [-0.2, 0) is 4.79 Å². The lowest BCUT2D eigenvalue weighted by Crippen LogP contribution is -2.07. The van der Waals surface area contributed by atoms with Crippen molar-refractivity contribution in [3.05, 3.63) is 66.3 Å². The maximum Gasteiger partial charge on any atom is 0.310 e. The number of hydrogen-bond donors (Lipinski definition) is 1. The molecule has 2 nitrogen and oxygen atoms in total. The molecular weight excluding hydrogens is 212 g/mol. The number of rotatable bonds is 5. The van der Waals surface area contributed by atoms with Gasteiger partial charge in [-0.2, -0.15) is 0 Å². The van der Waals surface area contributed by atoms with Gasteiger partial charge in [0, 0.05) is 0 Å². The van der Waals surface area contributed by atoms with E-state index in [1.165, 1.54) is 0 Å². The zero-order chi connectivity index (χ0) is 12.7. The SMILES string of the molecule is C=CC=CC=Cc1cccc(C(C)C(=O)O)c1. The van der Waals surface area contributed by atoms with Gasteiger partial charge in [-0.05, 0) is 18.1 Å². The van der Waals surface area contributed by atoms with Gasteiger partial charge in [0.15, 0.2) is 0 Å². The minimum atomic E-state index is -0.808. The molecule has 2 heteroatoms. The third-order valence-corrected chi connectivity index (χ3v) is 2.43. The van der Waals surface area contributed by atoms with Crippen molar-refractivity contribution in [3.8, 4) is 0 Å². The fourth-order valence-corrected chi connectivity index (χ4v) is 1.38. The first-order valence-electron chi connectivity index (χ1n) is 5.43. The Morgan fingerprint density at radius 3 is 2.76 bits per heavy atom. The standard InChI is InChI=1S/C15H16O2/c1-3-4-5-6-8-13-9-7-10-14(11-13)12(2)15(16)17/h3-12H,1H2,2H3,(H,16,17). The molecule has 0 aromatic heterocycles. The molecule has 1 N–H and O–H groups in total. The molecular formula is C15H16O2. The fraction of sp³-hybridized carbons (Fsp3) is 0.133. The van der Waals surface area contributed by atoms with Crippen molar-refractivity contribution in [1.29, 1.82) is 0 Å². The number of carboxylic acid groups (broad SMARTS) is 1. The molecule has 1 unspecified atom stereocenters. The second kappa shape index (κ2) is 6.48. The summed E-state index contributed by atoms with van der Waals surface area (Å²) >= 11 is 0. The van der Waals surface area contributed by atoms with Gasteiger partial charge in [0.1, 0.15) is 0 Å². The molecule has 1 aromatic carbocycles. The van der Waals surface area contributed by atoms with Gasteiger partial charge < -0.3 is 5.11 Å². The summed E-state index contributed by atoms with van der Waals surface area (Å²) in [7, 11) is 0. The molecule has 0 saturated heterocycles. The number of carboxylic acids is 1. The smallest absolute Gasteiger partial charge is 0.310 e. The van der Waals surface area contributed by atoms with Gasteiger partial charge >= 0.3 is 5.97 Å². The predicted octanol–water partition coefficient (Wildman–Crippen LogP) is 3.63. The summed E-state index contributed by atoms with van der Waals surface area (Å²) in [6, 6.07) is 7.52. The van der Waals surface area contributed by atoms with Crippen molar-refractivity contribution in [2.24, 2.45) is 0 Å². The van der Waals surface area contributed by atoms with E-state index in [1.807, 2.05) is 48.6 Å². The van der Waals surface area contributed by atoms with Crippen LogP contribution in [0.3, 0.4) is 0 Å². The molecule has 0 aliphatic carbocycles. The van der Waals surface area contributed by atoms with Gasteiger partial charge in [-0.1, -0.05) is 61.2 Å². The van der Waals surface area contributed by atoms with Crippen molar-refractivity contribution in [2.45, 2.75) is 12.8 Å².